The van der Waals surface area contributed by atoms with Crippen molar-refractivity contribution in [2.24, 2.45) is 0 Å². The summed E-state index contributed by atoms with van der Waals surface area (Å²) in [5, 5.41) is 7.89. The number of carbonyl (C=O) groups excluding carboxylic acids is 1. The lowest BCUT2D eigenvalue weighted by molar-refractivity contribution is 0.0518. The highest BCUT2D eigenvalue weighted by Gasteiger charge is 2.16. The zero-order chi connectivity index (χ0) is 13.4. The van der Waals surface area contributed by atoms with Crippen LogP contribution in [0.2, 0.25) is 0 Å². The van der Waals surface area contributed by atoms with Gasteiger partial charge in [-0.15, -0.1) is 5.10 Å². The molecule has 0 unspecified atom stereocenters. The van der Waals surface area contributed by atoms with E-state index in [2.05, 4.69) is 17.2 Å². The van der Waals surface area contributed by atoms with E-state index in [1.165, 1.54) is 25.7 Å². The maximum Gasteiger partial charge on any atom is 0.360 e. The van der Waals surface area contributed by atoms with Gasteiger partial charge in [0.1, 0.15) is 0 Å². The molecule has 0 aliphatic carbocycles. The van der Waals surface area contributed by atoms with Crippen LogP contribution in [0.5, 0.6) is 0 Å². The number of ether oxygens (including phenoxy) is 1. The molecule has 18 heavy (non-hydrogen) atoms. The minimum absolute atomic E-state index is 0.338. The van der Waals surface area contributed by atoms with Crippen LogP contribution in [0.15, 0.2) is 0 Å². The van der Waals surface area contributed by atoms with Crippen LogP contribution in [-0.2, 0) is 11.3 Å². The van der Waals surface area contributed by atoms with Gasteiger partial charge in [0.25, 0.3) is 0 Å². The lowest BCUT2D eigenvalue weighted by Gasteiger charge is -2.03. The molecule has 0 aliphatic rings. The van der Waals surface area contributed by atoms with Crippen molar-refractivity contribution in [1.29, 1.82) is 0 Å². The van der Waals surface area contributed by atoms with Crippen molar-refractivity contribution >= 4 is 5.97 Å². The van der Waals surface area contributed by atoms with Crippen molar-refractivity contribution in [2.75, 3.05) is 6.61 Å². The van der Waals surface area contributed by atoms with E-state index in [0.717, 1.165) is 18.7 Å². The first kappa shape index (κ1) is 14.7. The van der Waals surface area contributed by atoms with E-state index in [9.17, 15) is 4.79 Å². The second-order valence-electron chi connectivity index (χ2n) is 4.38. The Hall–Kier alpha value is -1.39. The van der Waals surface area contributed by atoms with Crippen LogP contribution in [0, 0.1) is 6.92 Å². The standard InChI is InChI=1S/C13H23N3O2/c1-4-6-7-8-9-10-16-11(3)12(14-15-16)13(17)18-5-2/h4-10H2,1-3H3. The Morgan fingerprint density at radius 1 is 1.22 bits per heavy atom. The molecule has 0 radical (unpaired) electrons. The fourth-order valence-electron chi connectivity index (χ4n) is 1.83. The summed E-state index contributed by atoms with van der Waals surface area (Å²) in [6, 6.07) is 0. The quantitative estimate of drug-likeness (QED) is 0.528. The third-order valence-electron chi connectivity index (χ3n) is 2.92. The summed E-state index contributed by atoms with van der Waals surface area (Å²) in [4.78, 5) is 11.6. The van der Waals surface area contributed by atoms with E-state index in [1.807, 2.05) is 6.92 Å². The molecule has 0 atom stereocenters. The molecule has 1 aromatic heterocycles. The highest BCUT2D eigenvalue weighted by molar-refractivity contribution is 5.88. The molecule has 1 rings (SSSR count). The van der Waals surface area contributed by atoms with Crippen molar-refractivity contribution in [3.63, 3.8) is 0 Å². The number of unbranched alkanes of at least 4 members (excludes halogenated alkanes) is 4. The molecule has 0 bridgehead atoms. The van der Waals surface area contributed by atoms with Crippen LogP contribution in [0.4, 0.5) is 0 Å². The van der Waals surface area contributed by atoms with Crippen molar-refractivity contribution in [1.82, 2.24) is 15.0 Å². The van der Waals surface area contributed by atoms with E-state index in [-0.39, 0.29) is 5.97 Å². The van der Waals surface area contributed by atoms with Gasteiger partial charge in [-0.2, -0.15) is 0 Å². The second-order valence-corrected chi connectivity index (χ2v) is 4.38. The summed E-state index contributed by atoms with van der Waals surface area (Å²) in [7, 11) is 0. The van der Waals surface area contributed by atoms with E-state index < -0.39 is 0 Å². The number of aromatic nitrogens is 3. The monoisotopic (exact) mass is 253 g/mol. The molecule has 102 valence electrons. The Bertz CT molecular complexity index is 374. The SMILES string of the molecule is CCCCCCCn1nnc(C(=O)OCC)c1C. The Morgan fingerprint density at radius 2 is 1.94 bits per heavy atom. The first-order valence-electron chi connectivity index (χ1n) is 6.77. The molecule has 0 N–H and O–H groups in total. The number of aryl methyl sites for hydroxylation is 1. The molecule has 0 aliphatic heterocycles. The average Bonchev–Trinajstić information content (AvgIpc) is 2.71. The largest absolute Gasteiger partial charge is 0.461 e. The van der Waals surface area contributed by atoms with Gasteiger partial charge < -0.3 is 4.74 Å². The third-order valence-corrected chi connectivity index (χ3v) is 2.92. The fourth-order valence-corrected chi connectivity index (χ4v) is 1.83. The maximum absolute atomic E-state index is 11.6. The second kappa shape index (κ2) is 7.84. The van der Waals surface area contributed by atoms with E-state index in [0.29, 0.717) is 12.3 Å². The normalized spacial score (nSPS) is 10.6. The predicted octanol–water partition coefficient (Wildman–Crippen LogP) is 2.73. The third kappa shape index (κ3) is 4.13. The maximum atomic E-state index is 11.6. The summed E-state index contributed by atoms with van der Waals surface area (Å²) in [6.07, 6.45) is 6.06. The summed E-state index contributed by atoms with van der Waals surface area (Å²) in [5.41, 5.74) is 1.13. The van der Waals surface area contributed by atoms with Crippen molar-refractivity contribution < 1.29 is 9.53 Å². The zero-order valence-electron chi connectivity index (χ0n) is 11.6. The van der Waals surface area contributed by atoms with Crippen molar-refractivity contribution in [3.8, 4) is 0 Å². The number of hydrogen-bond acceptors (Lipinski definition) is 4. The van der Waals surface area contributed by atoms with Crippen LogP contribution in [0.1, 0.15) is 62.1 Å². The lowest BCUT2D eigenvalue weighted by Crippen LogP contribution is -2.08. The summed E-state index contributed by atoms with van der Waals surface area (Å²) >= 11 is 0. The van der Waals surface area contributed by atoms with Crippen LogP contribution < -0.4 is 0 Å². The van der Waals surface area contributed by atoms with Crippen LogP contribution in [-0.4, -0.2) is 27.6 Å². The van der Waals surface area contributed by atoms with Crippen molar-refractivity contribution in [3.05, 3.63) is 11.4 Å². The van der Waals surface area contributed by atoms with Crippen LogP contribution >= 0.6 is 0 Å². The minimum atomic E-state index is -0.382. The Labute approximate surface area is 109 Å². The van der Waals surface area contributed by atoms with E-state index in [4.69, 9.17) is 4.74 Å². The van der Waals surface area contributed by atoms with E-state index >= 15 is 0 Å². The lowest BCUT2D eigenvalue weighted by atomic mass is 10.1. The van der Waals surface area contributed by atoms with Gasteiger partial charge in [0.15, 0.2) is 5.69 Å². The Morgan fingerprint density at radius 3 is 2.61 bits per heavy atom. The average molecular weight is 253 g/mol. The molecular formula is C13H23N3O2. The van der Waals surface area contributed by atoms with Gasteiger partial charge in [0.05, 0.1) is 12.3 Å². The smallest absolute Gasteiger partial charge is 0.360 e. The molecule has 5 nitrogen and oxygen atoms in total. The predicted molar refractivity (Wildman–Crippen MR) is 69.5 cm³/mol. The van der Waals surface area contributed by atoms with Gasteiger partial charge in [-0.3, -0.25) is 0 Å². The number of rotatable bonds is 8. The molecule has 0 fully saturated rings. The number of nitrogens with zero attached hydrogens (tertiary/aromatic N) is 3. The van der Waals surface area contributed by atoms with E-state index in [1.54, 1.807) is 11.6 Å². The Kier molecular flexibility index (Phi) is 6.39. The number of hydrogen-bond donors (Lipinski definition) is 0. The topological polar surface area (TPSA) is 57.0 Å². The molecule has 0 amide bonds. The first-order valence-corrected chi connectivity index (χ1v) is 6.77. The molecule has 0 spiro atoms. The highest BCUT2D eigenvalue weighted by atomic mass is 16.5. The number of carbonyl (C=O) groups is 1. The Balaban J connectivity index is 2.45. The number of esters is 1. The van der Waals surface area contributed by atoms with Crippen LogP contribution in [0.25, 0.3) is 0 Å². The first-order chi connectivity index (χ1) is 8.70. The zero-order valence-corrected chi connectivity index (χ0v) is 11.6. The summed E-state index contributed by atoms with van der Waals surface area (Å²) in [6.45, 7) is 7.03. The van der Waals surface area contributed by atoms with Gasteiger partial charge in [-0.1, -0.05) is 37.8 Å². The minimum Gasteiger partial charge on any atom is -0.461 e. The molecule has 1 aromatic rings. The summed E-state index contributed by atoms with van der Waals surface area (Å²) in [5.74, 6) is -0.382. The molecule has 1 heterocycles. The van der Waals surface area contributed by atoms with Gasteiger partial charge in [0, 0.05) is 6.54 Å². The van der Waals surface area contributed by atoms with Gasteiger partial charge in [0.2, 0.25) is 0 Å². The van der Waals surface area contributed by atoms with Gasteiger partial charge >= 0.3 is 5.97 Å². The molecule has 0 saturated carbocycles. The molecular weight excluding hydrogens is 230 g/mol. The van der Waals surface area contributed by atoms with Gasteiger partial charge in [-0.05, 0) is 20.3 Å². The van der Waals surface area contributed by atoms with Gasteiger partial charge in [-0.25, -0.2) is 9.48 Å². The molecule has 5 heteroatoms. The molecule has 0 saturated heterocycles. The highest BCUT2D eigenvalue weighted by Crippen LogP contribution is 2.08. The van der Waals surface area contributed by atoms with Crippen LogP contribution in [0.3, 0.4) is 0 Å². The summed E-state index contributed by atoms with van der Waals surface area (Å²) < 4.78 is 6.71. The molecule has 0 aromatic carbocycles. The fraction of sp³-hybridized carbons (Fsp3) is 0.769. The van der Waals surface area contributed by atoms with Crippen molar-refractivity contribution in [2.45, 2.75) is 59.4 Å².